The van der Waals surface area contributed by atoms with Crippen LogP contribution in [-0.2, 0) is 14.3 Å². The lowest BCUT2D eigenvalue weighted by Gasteiger charge is -2.16. The molecule has 1 unspecified atom stereocenters. The molecule has 23 heavy (non-hydrogen) atoms. The van der Waals surface area contributed by atoms with Crippen LogP contribution in [0.1, 0.15) is 85.5 Å². The summed E-state index contributed by atoms with van der Waals surface area (Å²) in [7, 11) is 0. The van der Waals surface area contributed by atoms with E-state index in [-0.39, 0.29) is 17.8 Å². The van der Waals surface area contributed by atoms with Gasteiger partial charge in [-0.15, -0.1) is 0 Å². The van der Waals surface area contributed by atoms with Crippen molar-refractivity contribution in [2.45, 2.75) is 85.5 Å². The maximum Gasteiger partial charge on any atom is 0.311 e. The number of carbonyl (C=O) groups is 2. The molecule has 0 aromatic heterocycles. The largest absolute Gasteiger partial charge is 0.466 e. The van der Waals surface area contributed by atoms with Crippen molar-refractivity contribution in [2.24, 2.45) is 5.92 Å². The molecule has 4 heteroatoms. The van der Waals surface area contributed by atoms with Crippen LogP contribution >= 0.6 is 0 Å². The van der Waals surface area contributed by atoms with E-state index in [9.17, 15) is 9.59 Å². The van der Waals surface area contributed by atoms with Gasteiger partial charge in [0.15, 0.2) is 0 Å². The highest BCUT2D eigenvalue weighted by Crippen LogP contribution is 2.20. The van der Waals surface area contributed by atoms with E-state index >= 15 is 0 Å². The fourth-order valence-corrected chi connectivity index (χ4v) is 2.84. The van der Waals surface area contributed by atoms with E-state index in [1.54, 1.807) is 6.92 Å². The molecule has 1 saturated heterocycles. The minimum absolute atomic E-state index is 0.107. The molecule has 1 heterocycles. The highest BCUT2D eigenvalue weighted by molar-refractivity contribution is 5.86. The number of carbonyl (C=O) groups excluding carboxylic acids is 2. The predicted octanol–water partition coefficient (Wildman–Crippen LogP) is 4.56. The molecule has 1 rings (SSSR count). The molecule has 0 aromatic carbocycles. The van der Waals surface area contributed by atoms with Crippen LogP contribution < -0.4 is 0 Å². The molecule has 0 spiro atoms. The molecule has 4 nitrogen and oxygen atoms in total. The Morgan fingerprint density at radius 2 is 1.61 bits per heavy atom. The van der Waals surface area contributed by atoms with Crippen LogP contribution in [0.25, 0.3) is 0 Å². The lowest BCUT2D eigenvalue weighted by molar-refractivity contribution is -0.147. The number of rotatable bonds is 11. The zero-order valence-electron chi connectivity index (χ0n) is 15.7. The third kappa shape index (κ3) is 9.62. The van der Waals surface area contributed by atoms with Gasteiger partial charge in [0.2, 0.25) is 5.91 Å². The third-order valence-electron chi connectivity index (χ3n) is 4.12. The van der Waals surface area contributed by atoms with Crippen LogP contribution in [-0.4, -0.2) is 36.5 Å². The molecule has 136 valence electrons. The van der Waals surface area contributed by atoms with Crippen molar-refractivity contribution in [3.05, 3.63) is 0 Å². The molecular weight excluding hydrogens is 290 g/mol. The fourth-order valence-electron chi connectivity index (χ4n) is 2.84. The standard InChI is InChI=1S/C17H31NO3.C2H6/c1-3-5-6-7-8-9-10-11-12-18-14-15(13-16(18)19)17(20)21-4-2;1-2/h15H,3-14H2,1-2H3;1-2H3. The van der Waals surface area contributed by atoms with Gasteiger partial charge in [0.05, 0.1) is 12.5 Å². The van der Waals surface area contributed by atoms with Crippen LogP contribution in [0.5, 0.6) is 0 Å². The Morgan fingerprint density at radius 1 is 1.04 bits per heavy atom. The Morgan fingerprint density at radius 3 is 2.17 bits per heavy atom. The Labute approximate surface area is 143 Å². The van der Waals surface area contributed by atoms with E-state index in [2.05, 4.69) is 6.92 Å². The molecule has 0 aliphatic carbocycles. The van der Waals surface area contributed by atoms with Crippen LogP contribution in [0, 0.1) is 5.92 Å². The number of unbranched alkanes of at least 4 members (excludes halogenated alkanes) is 7. The highest BCUT2D eigenvalue weighted by Gasteiger charge is 2.34. The molecular formula is C19H37NO3. The monoisotopic (exact) mass is 327 g/mol. The summed E-state index contributed by atoms with van der Waals surface area (Å²) in [5.74, 6) is -0.355. The first-order valence-electron chi connectivity index (χ1n) is 9.63. The van der Waals surface area contributed by atoms with Crippen molar-refractivity contribution >= 4 is 11.9 Å². The highest BCUT2D eigenvalue weighted by atomic mass is 16.5. The molecule has 1 aliphatic heterocycles. The van der Waals surface area contributed by atoms with Gasteiger partial charge in [-0.2, -0.15) is 0 Å². The van der Waals surface area contributed by atoms with Gasteiger partial charge in [0, 0.05) is 19.5 Å². The summed E-state index contributed by atoms with van der Waals surface area (Å²) < 4.78 is 4.99. The van der Waals surface area contributed by atoms with Crippen molar-refractivity contribution in [1.29, 1.82) is 0 Å². The van der Waals surface area contributed by atoms with E-state index in [1.807, 2.05) is 18.7 Å². The second kappa shape index (κ2) is 14.5. The van der Waals surface area contributed by atoms with E-state index in [1.165, 1.54) is 44.9 Å². The van der Waals surface area contributed by atoms with E-state index < -0.39 is 0 Å². The number of nitrogens with zero attached hydrogens (tertiary/aromatic N) is 1. The van der Waals surface area contributed by atoms with Gasteiger partial charge in [-0.1, -0.05) is 65.7 Å². The molecule has 0 radical (unpaired) electrons. The second-order valence-electron chi connectivity index (χ2n) is 5.97. The number of esters is 1. The van der Waals surface area contributed by atoms with E-state index in [4.69, 9.17) is 4.74 Å². The SMILES string of the molecule is CC.CCCCCCCCCCN1CC(C(=O)OCC)CC1=O. The van der Waals surface area contributed by atoms with Gasteiger partial charge >= 0.3 is 5.97 Å². The van der Waals surface area contributed by atoms with Crippen molar-refractivity contribution in [3.63, 3.8) is 0 Å². The van der Waals surface area contributed by atoms with Crippen molar-refractivity contribution in [2.75, 3.05) is 19.7 Å². The Balaban J connectivity index is 0.00000232. The molecule has 1 atom stereocenters. The Kier molecular flexibility index (Phi) is 13.9. The maximum atomic E-state index is 11.8. The molecule has 0 N–H and O–H groups in total. The minimum atomic E-state index is -0.244. The number of ether oxygens (including phenoxy) is 1. The summed E-state index contributed by atoms with van der Waals surface area (Å²) in [6, 6.07) is 0. The topological polar surface area (TPSA) is 46.6 Å². The molecule has 0 aromatic rings. The van der Waals surface area contributed by atoms with E-state index in [0.717, 1.165) is 13.0 Å². The molecule has 0 bridgehead atoms. The average Bonchev–Trinajstić information content (AvgIpc) is 2.93. The predicted molar refractivity (Wildman–Crippen MR) is 95.3 cm³/mol. The lowest BCUT2D eigenvalue weighted by Crippen LogP contribution is -2.27. The van der Waals surface area contributed by atoms with Crippen LogP contribution in [0.2, 0.25) is 0 Å². The number of likely N-dealkylation sites (tertiary alicyclic amines) is 1. The fraction of sp³-hybridized carbons (Fsp3) is 0.895. The van der Waals surface area contributed by atoms with Gasteiger partial charge in [0.25, 0.3) is 0 Å². The first-order chi connectivity index (χ1) is 11.2. The summed E-state index contributed by atoms with van der Waals surface area (Å²) in [5, 5.41) is 0. The average molecular weight is 328 g/mol. The number of hydrogen-bond acceptors (Lipinski definition) is 3. The van der Waals surface area contributed by atoms with E-state index in [0.29, 0.717) is 19.6 Å². The molecule has 1 amide bonds. The second-order valence-corrected chi connectivity index (χ2v) is 5.97. The summed E-state index contributed by atoms with van der Waals surface area (Å²) >= 11 is 0. The van der Waals surface area contributed by atoms with Crippen LogP contribution in [0.15, 0.2) is 0 Å². The maximum absolute atomic E-state index is 11.8. The summed E-state index contributed by atoms with van der Waals surface area (Å²) in [5.41, 5.74) is 0. The lowest BCUT2D eigenvalue weighted by atomic mass is 10.1. The first kappa shape index (κ1) is 21.9. The molecule has 1 fully saturated rings. The number of hydrogen-bond donors (Lipinski definition) is 0. The summed E-state index contributed by atoms with van der Waals surface area (Å²) in [6.07, 6.45) is 10.4. The Bertz CT molecular complexity index is 318. The van der Waals surface area contributed by atoms with Gasteiger partial charge in [-0.25, -0.2) is 0 Å². The Hall–Kier alpha value is -1.06. The quantitative estimate of drug-likeness (QED) is 0.413. The zero-order chi connectivity index (χ0) is 17.5. The number of amides is 1. The van der Waals surface area contributed by atoms with Gasteiger partial charge in [-0.05, 0) is 13.3 Å². The van der Waals surface area contributed by atoms with Crippen molar-refractivity contribution in [3.8, 4) is 0 Å². The van der Waals surface area contributed by atoms with Crippen molar-refractivity contribution in [1.82, 2.24) is 4.90 Å². The normalized spacial score (nSPS) is 17.0. The minimum Gasteiger partial charge on any atom is -0.466 e. The summed E-state index contributed by atoms with van der Waals surface area (Å²) in [6.45, 7) is 9.77. The first-order valence-corrected chi connectivity index (χ1v) is 9.63. The molecule has 0 saturated carbocycles. The smallest absolute Gasteiger partial charge is 0.311 e. The zero-order valence-corrected chi connectivity index (χ0v) is 15.7. The molecule has 1 aliphatic rings. The van der Waals surface area contributed by atoms with Gasteiger partial charge in [0.1, 0.15) is 0 Å². The van der Waals surface area contributed by atoms with Crippen LogP contribution in [0.4, 0.5) is 0 Å². The summed E-state index contributed by atoms with van der Waals surface area (Å²) in [4.78, 5) is 25.3. The van der Waals surface area contributed by atoms with Gasteiger partial charge in [-0.3, -0.25) is 9.59 Å². The van der Waals surface area contributed by atoms with Gasteiger partial charge < -0.3 is 9.64 Å². The third-order valence-corrected chi connectivity index (χ3v) is 4.12. The van der Waals surface area contributed by atoms with Crippen LogP contribution in [0.3, 0.4) is 0 Å². The van der Waals surface area contributed by atoms with Crippen molar-refractivity contribution < 1.29 is 14.3 Å².